The summed E-state index contributed by atoms with van der Waals surface area (Å²) < 4.78 is 0. The molecule has 0 saturated carbocycles. The lowest BCUT2D eigenvalue weighted by atomic mass is 9.97. The van der Waals surface area contributed by atoms with Crippen LogP contribution in [0.4, 0.5) is 0 Å². The molecule has 1 saturated heterocycles. The lowest BCUT2D eigenvalue weighted by molar-refractivity contribution is -0.147. The third kappa shape index (κ3) is 1.31. The summed E-state index contributed by atoms with van der Waals surface area (Å²) in [4.78, 5) is 23.5. The van der Waals surface area contributed by atoms with Crippen LogP contribution in [0.1, 0.15) is 13.3 Å². The smallest absolute Gasteiger partial charge is 0.294 e. The van der Waals surface area contributed by atoms with E-state index in [4.69, 9.17) is 0 Å². The van der Waals surface area contributed by atoms with Gasteiger partial charge in [0.1, 0.15) is 0 Å². The number of nitrogens with zero attached hydrogens (tertiary/aromatic N) is 1. The van der Waals surface area contributed by atoms with E-state index in [9.17, 15) is 9.59 Å². The van der Waals surface area contributed by atoms with Crippen LogP contribution in [0, 0.1) is 5.92 Å². The number of likely N-dealkylation sites (tertiary alicyclic amines) is 1. The number of hydrogen-bond acceptors (Lipinski definition) is 2. The Morgan fingerprint density at radius 3 is 2.82 bits per heavy atom. The Kier molecular flexibility index (Phi) is 2.08. The second-order valence-corrected chi connectivity index (χ2v) is 2.74. The van der Waals surface area contributed by atoms with Gasteiger partial charge in [-0.15, -0.1) is 0 Å². The molecule has 1 amide bonds. The highest BCUT2D eigenvalue weighted by Crippen LogP contribution is 2.13. The summed E-state index contributed by atoms with van der Waals surface area (Å²) >= 11 is 0. The Labute approximate surface area is 65.7 Å². The average Bonchev–Trinajstić information content (AvgIpc) is 2.01. The van der Waals surface area contributed by atoms with E-state index >= 15 is 0 Å². The van der Waals surface area contributed by atoms with Gasteiger partial charge in [-0.25, -0.2) is 0 Å². The van der Waals surface area contributed by atoms with E-state index < -0.39 is 5.91 Å². The van der Waals surface area contributed by atoms with Crippen LogP contribution in [-0.4, -0.2) is 23.1 Å². The van der Waals surface area contributed by atoms with Crippen molar-refractivity contribution in [2.45, 2.75) is 13.3 Å². The molecule has 1 unspecified atom stereocenters. The van der Waals surface area contributed by atoms with Crippen LogP contribution in [0.5, 0.6) is 0 Å². The minimum absolute atomic E-state index is 0.112. The molecule has 1 aliphatic heterocycles. The number of ketones is 1. The van der Waals surface area contributed by atoms with Crippen molar-refractivity contribution < 1.29 is 9.59 Å². The van der Waals surface area contributed by atoms with Crippen molar-refractivity contribution in [2.75, 3.05) is 6.54 Å². The fourth-order valence-corrected chi connectivity index (χ4v) is 1.09. The molecule has 3 nitrogen and oxygen atoms in total. The van der Waals surface area contributed by atoms with Crippen molar-refractivity contribution in [3.05, 3.63) is 12.8 Å². The zero-order valence-corrected chi connectivity index (χ0v) is 6.54. The van der Waals surface area contributed by atoms with Gasteiger partial charge in [-0.3, -0.25) is 9.59 Å². The highest BCUT2D eigenvalue weighted by Gasteiger charge is 2.30. The molecule has 1 rings (SSSR count). The third-order valence-corrected chi connectivity index (χ3v) is 1.94. The number of carbonyl (C=O) groups excluding carboxylic acids is 2. The Morgan fingerprint density at radius 2 is 2.27 bits per heavy atom. The first-order chi connectivity index (χ1) is 5.16. The van der Waals surface area contributed by atoms with E-state index in [1.807, 2.05) is 0 Å². The maximum absolute atomic E-state index is 11.1. The zero-order valence-electron chi connectivity index (χ0n) is 6.54. The summed E-state index contributed by atoms with van der Waals surface area (Å²) in [6.45, 7) is 5.85. The number of hydrogen-bond donors (Lipinski definition) is 0. The first-order valence-corrected chi connectivity index (χ1v) is 3.64. The number of Topliss-reactive ketones (excluding diaryl/α,β-unsaturated/α-hetero) is 1. The Hall–Kier alpha value is -1.12. The number of carbonyl (C=O) groups is 2. The molecule has 0 aromatic rings. The molecule has 1 aliphatic rings. The van der Waals surface area contributed by atoms with Crippen molar-refractivity contribution in [3.63, 3.8) is 0 Å². The van der Waals surface area contributed by atoms with E-state index in [0.717, 1.165) is 6.42 Å². The molecule has 0 aromatic carbocycles. The Balaban J connectivity index is 2.74. The topological polar surface area (TPSA) is 37.4 Å². The van der Waals surface area contributed by atoms with Gasteiger partial charge in [-0.1, -0.05) is 13.5 Å². The molecule has 0 spiro atoms. The lowest BCUT2D eigenvalue weighted by Gasteiger charge is -2.25. The van der Waals surface area contributed by atoms with Crippen LogP contribution in [-0.2, 0) is 9.59 Å². The molecule has 0 aromatic heterocycles. The summed E-state index contributed by atoms with van der Waals surface area (Å²) in [6.07, 6.45) is 2.16. The quantitative estimate of drug-likeness (QED) is 0.516. The molecule has 3 heteroatoms. The lowest BCUT2D eigenvalue weighted by Crippen LogP contribution is -2.42. The van der Waals surface area contributed by atoms with Gasteiger partial charge in [0.2, 0.25) is 5.78 Å². The van der Waals surface area contributed by atoms with Crippen LogP contribution in [0.3, 0.4) is 0 Å². The van der Waals surface area contributed by atoms with Crippen molar-refractivity contribution in [1.29, 1.82) is 0 Å². The van der Waals surface area contributed by atoms with Crippen molar-refractivity contribution in [3.8, 4) is 0 Å². The number of piperidine rings is 1. The summed E-state index contributed by atoms with van der Waals surface area (Å²) in [5.74, 6) is -0.825. The molecule has 1 atom stereocenters. The van der Waals surface area contributed by atoms with Gasteiger partial charge in [0.05, 0.1) is 0 Å². The van der Waals surface area contributed by atoms with Gasteiger partial charge in [-0.05, 0) is 12.6 Å². The van der Waals surface area contributed by atoms with E-state index in [-0.39, 0.29) is 11.7 Å². The van der Waals surface area contributed by atoms with Crippen LogP contribution in [0.25, 0.3) is 0 Å². The standard InChI is InChI=1S/C8H11NO2/c1-3-9-5-4-6(2)7(10)8(9)11/h3,6H,1,4-5H2,2H3. The Morgan fingerprint density at radius 1 is 1.64 bits per heavy atom. The van der Waals surface area contributed by atoms with Crippen LogP contribution < -0.4 is 0 Å². The average molecular weight is 153 g/mol. The van der Waals surface area contributed by atoms with Crippen LogP contribution in [0.2, 0.25) is 0 Å². The van der Waals surface area contributed by atoms with Crippen LogP contribution in [0.15, 0.2) is 12.8 Å². The van der Waals surface area contributed by atoms with E-state index in [2.05, 4.69) is 6.58 Å². The van der Waals surface area contributed by atoms with E-state index in [0.29, 0.717) is 6.54 Å². The van der Waals surface area contributed by atoms with Gasteiger partial charge in [0.25, 0.3) is 5.91 Å². The van der Waals surface area contributed by atoms with E-state index in [1.54, 1.807) is 6.92 Å². The number of rotatable bonds is 1. The highest BCUT2D eigenvalue weighted by molar-refractivity contribution is 6.37. The van der Waals surface area contributed by atoms with Gasteiger partial charge in [0.15, 0.2) is 0 Å². The molecule has 11 heavy (non-hydrogen) atoms. The second-order valence-electron chi connectivity index (χ2n) is 2.74. The second kappa shape index (κ2) is 2.86. The van der Waals surface area contributed by atoms with Gasteiger partial charge < -0.3 is 4.90 Å². The minimum atomic E-state index is -0.418. The fourth-order valence-electron chi connectivity index (χ4n) is 1.09. The maximum Gasteiger partial charge on any atom is 0.294 e. The van der Waals surface area contributed by atoms with Crippen molar-refractivity contribution in [1.82, 2.24) is 4.90 Å². The molecule has 1 fully saturated rings. The zero-order chi connectivity index (χ0) is 8.43. The van der Waals surface area contributed by atoms with E-state index in [1.165, 1.54) is 11.1 Å². The van der Waals surface area contributed by atoms with Crippen molar-refractivity contribution in [2.24, 2.45) is 5.92 Å². The monoisotopic (exact) mass is 153 g/mol. The van der Waals surface area contributed by atoms with Gasteiger partial charge in [0, 0.05) is 12.5 Å². The molecule has 0 aliphatic carbocycles. The first kappa shape index (κ1) is 7.98. The minimum Gasteiger partial charge on any atom is -0.313 e. The molecular formula is C8H11NO2. The third-order valence-electron chi connectivity index (χ3n) is 1.94. The fraction of sp³-hybridized carbons (Fsp3) is 0.500. The predicted molar refractivity (Wildman–Crippen MR) is 40.7 cm³/mol. The largest absolute Gasteiger partial charge is 0.313 e. The normalized spacial score (nSPS) is 25.5. The summed E-state index contributed by atoms with van der Waals surface area (Å²) in [5.41, 5.74) is 0. The predicted octanol–water partition coefficient (Wildman–Crippen LogP) is 0.567. The van der Waals surface area contributed by atoms with Gasteiger partial charge >= 0.3 is 0 Å². The first-order valence-electron chi connectivity index (χ1n) is 3.64. The molecule has 0 bridgehead atoms. The molecule has 0 radical (unpaired) electrons. The van der Waals surface area contributed by atoms with Crippen LogP contribution >= 0.6 is 0 Å². The Bertz CT molecular complexity index is 210. The molecular weight excluding hydrogens is 142 g/mol. The highest BCUT2D eigenvalue weighted by atomic mass is 16.2. The molecule has 1 heterocycles. The SMILES string of the molecule is C=CN1CCC(C)C(=O)C1=O. The molecule has 0 N–H and O–H groups in total. The van der Waals surface area contributed by atoms with Gasteiger partial charge in [-0.2, -0.15) is 0 Å². The van der Waals surface area contributed by atoms with Crippen molar-refractivity contribution >= 4 is 11.7 Å². The number of amides is 1. The maximum atomic E-state index is 11.1. The summed E-state index contributed by atoms with van der Waals surface area (Å²) in [7, 11) is 0. The summed E-state index contributed by atoms with van der Waals surface area (Å²) in [6, 6.07) is 0. The molecule has 60 valence electrons. The summed E-state index contributed by atoms with van der Waals surface area (Å²) in [5, 5.41) is 0.